The van der Waals surface area contributed by atoms with Gasteiger partial charge in [0.1, 0.15) is 0 Å². The Labute approximate surface area is 130 Å². The minimum absolute atomic E-state index is 0.0445. The molecule has 0 aromatic heterocycles. The molecule has 4 nitrogen and oxygen atoms in total. The predicted octanol–water partition coefficient (Wildman–Crippen LogP) is 2.28. The summed E-state index contributed by atoms with van der Waals surface area (Å²) in [7, 11) is 0. The molecule has 4 heteroatoms. The standard InChI is InChI=1S/C18H20N2O2/c19-17(21)7-4-12-20-18(22)13-14-8-10-16(11-9-14)15-5-2-1-3-6-15/h1-3,5-6,8-11H,4,7,12-13H2,(H2,19,21)(H,20,22). The number of nitrogens with two attached hydrogens (primary N) is 1. The molecule has 2 rings (SSSR count). The molecule has 3 N–H and O–H groups in total. The molecule has 2 aromatic carbocycles. The predicted molar refractivity (Wildman–Crippen MR) is 87.0 cm³/mol. The number of amides is 2. The summed E-state index contributed by atoms with van der Waals surface area (Å²) in [5, 5.41) is 2.79. The summed E-state index contributed by atoms with van der Waals surface area (Å²) in [6.45, 7) is 0.476. The van der Waals surface area contributed by atoms with E-state index >= 15 is 0 Å². The number of primary amides is 1. The molecule has 0 fully saturated rings. The first-order valence-electron chi connectivity index (χ1n) is 7.34. The van der Waals surface area contributed by atoms with E-state index in [1.807, 2.05) is 42.5 Å². The smallest absolute Gasteiger partial charge is 0.224 e. The van der Waals surface area contributed by atoms with Crippen LogP contribution in [0.5, 0.6) is 0 Å². The van der Waals surface area contributed by atoms with E-state index in [2.05, 4.69) is 17.4 Å². The van der Waals surface area contributed by atoms with Gasteiger partial charge in [-0.3, -0.25) is 9.59 Å². The van der Waals surface area contributed by atoms with Gasteiger partial charge < -0.3 is 11.1 Å². The molecule has 0 aliphatic heterocycles. The summed E-state index contributed by atoms with van der Waals surface area (Å²) in [6, 6.07) is 18.1. The Hall–Kier alpha value is -2.62. The molecule has 0 atom stereocenters. The molecule has 0 heterocycles. The zero-order valence-corrected chi connectivity index (χ0v) is 12.4. The molecule has 0 spiro atoms. The Kier molecular flexibility index (Phi) is 5.72. The highest BCUT2D eigenvalue weighted by Crippen LogP contribution is 2.19. The highest BCUT2D eigenvalue weighted by Gasteiger charge is 2.04. The maximum absolute atomic E-state index is 11.8. The number of nitrogens with one attached hydrogen (secondary N) is 1. The van der Waals surface area contributed by atoms with Gasteiger partial charge in [0.2, 0.25) is 11.8 Å². The van der Waals surface area contributed by atoms with Crippen LogP contribution in [0.2, 0.25) is 0 Å². The van der Waals surface area contributed by atoms with Crippen LogP contribution in [0.3, 0.4) is 0 Å². The van der Waals surface area contributed by atoms with Gasteiger partial charge in [0.05, 0.1) is 6.42 Å². The number of rotatable bonds is 7. The SMILES string of the molecule is NC(=O)CCCNC(=O)Cc1ccc(-c2ccccc2)cc1. The monoisotopic (exact) mass is 296 g/mol. The highest BCUT2D eigenvalue weighted by molar-refractivity contribution is 5.79. The molecule has 0 saturated carbocycles. The van der Waals surface area contributed by atoms with E-state index in [-0.39, 0.29) is 11.8 Å². The second-order valence-electron chi connectivity index (χ2n) is 5.16. The Morgan fingerprint density at radius 1 is 0.909 bits per heavy atom. The van der Waals surface area contributed by atoms with E-state index in [0.717, 1.165) is 16.7 Å². The van der Waals surface area contributed by atoms with Gasteiger partial charge in [-0.1, -0.05) is 54.6 Å². The van der Waals surface area contributed by atoms with Gasteiger partial charge in [0.15, 0.2) is 0 Å². The third-order valence-corrected chi connectivity index (χ3v) is 3.35. The molecule has 0 aliphatic carbocycles. The van der Waals surface area contributed by atoms with Gasteiger partial charge >= 0.3 is 0 Å². The first-order chi connectivity index (χ1) is 10.6. The fourth-order valence-corrected chi connectivity index (χ4v) is 2.18. The summed E-state index contributed by atoms with van der Waals surface area (Å²) in [5.74, 6) is -0.386. The maximum atomic E-state index is 11.8. The van der Waals surface area contributed by atoms with E-state index < -0.39 is 0 Å². The first-order valence-corrected chi connectivity index (χ1v) is 7.34. The molecule has 2 amide bonds. The highest BCUT2D eigenvalue weighted by atomic mass is 16.2. The van der Waals surface area contributed by atoms with Gasteiger partial charge in [-0.15, -0.1) is 0 Å². The molecule has 0 unspecified atom stereocenters. The van der Waals surface area contributed by atoms with Crippen LogP contribution >= 0.6 is 0 Å². The molecular formula is C18H20N2O2. The molecular weight excluding hydrogens is 276 g/mol. The van der Waals surface area contributed by atoms with E-state index in [1.165, 1.54) is 0 Å². The Bertz CT molecular complexity index is 621. The van der Waals surface area contributed by atoms with Crippen molar-refractivity contribution in [3.8, 4) is 11.1 Å². The fraction of sp³-hybridized carbons (Fsp3) is 0.222. The summed E-state index contributed by atoms with van der Waals surface area (Å²) >= 11 is 0. The lowest BCUT2D eigenvalue weighted by Crippen LogP contribution is -2.27. The fourth-order valence-electron chi connectivity index (χ4n) is 2.18. The normalized spacial score (nSPS) is 10.2. The van der Waals surface area contributed by atoms with Crippen LogP contribution in [0.15, 0.2) is 54.6 Å². The lowest BCUT2D eigenvalue weighted by atomic mass is 10.0. The Balaban J connectivity index is 1.83. The van der Waals surface area contributed by atoms with Crippen LogP contribution in [-0.4, -0.2) is 18.4 Å². The van der Waals surface area contributed by atoms with Crippen molar-refractivity contribution in [2.45, 2.75) is 19.3 Å². The summed E-state index contributed by atoms with van der Waals surface area (Å²) in [4.78, 5) is 22.4. The number of hydrogen-bond acceptors (Lipinski definition) is 2. The van der Waals surface area contributed by atoms with Crippen molar-refractivity contribution in [3.63, 3.8) is 0 Å². The molecule has 22 heavy (non-hydrogen) atoms. The van der Waals surface area contributed by atoms with Crippen molar-refractivity contribution in [2.24, 2.45) is 5.73 Å². The number of carbonyl (C=O) groups excluding carboxylic acids is 2. The zero-order chi connectivity index (χ0) is 15.8. The van der Waals surface area contributed by atoms with Gasteiger partial charge in [0.25, 0.3) is 0 Å². The van der Waals surface area contributed by atoms with Crippen molar-refractivity contribution in [3.05, 3.63) is 60.2 Å². The Morgan fingerprint density at radius 3 is 2.18 bits per heavy atom. The van der Waals surface area contributed by atoms with Crippen LogP contribution in [0.4, 0.5) is 0 Å². The van der Waals surface area contributed by atoms with E-state index in [1.54, 1.807) is 0 Å². The zero-order valence-electron chi connectivity index (χ0n) is 12.4. The van der Waals surface area contributed by atoms with Crippen molar-refractivity contribution < 1.29 is 9.59 Å². The van der Waals surface area contributed by atoms with Crippen molar-refractivity contribution in [1.82, 2.24) is 5.32 Å². The molecule has 0 aliphatic rings. The van der Waals surface area contributed by atoms with Crippen molar-refractivity contribution in [1.29, 1.82) is 0 Å². The molecule has 0 saturated heterocycles. The van der Waals surface area contributed by atoms with Crippen LogP contribution in [0.25, 0.3) is 11.1 Å². The van der Waals surface area contributed by atoms with Gasteiger partial charge in [-0.05, 0) is 23.1 Å². The summed E-state index contributed by atoms with van der Waals surface area (Å²) < 4.78 is 0. The van der Waals surface area contributed by atoms with Gasteiger partial charge in [0, 0.05) is 13.0 Å². The van der Waals surface area contributed by atoms with E-state index in [4.69, 9.17) is 5.73 Å². The number of benzene rings is 2. The summed E-state index contributed by atoms with van der Waals surface area (Å²) in [6.07, 6.45) is 1.21. The van der Waals surface area contributed by atoms with Gasteiger partial charge in [-0.25, -0.2) is 0 Å². The van der Waals surface area contributed by atoms with Gasteiger partial charge in [-0.2, -0.15) is 0 Å². The summed E-state index contributed by atoms with van der Waals surface area (Å²) in [5.41, 5.74) is 8.30. The van der Waals surface area contributed by atoms with E-state index in [9.17, 15) is 9.59 Å². The second kappa shape index (κ2) is 7.98. The molecule has 0 radical (unpaired) electrons. The second-order valence-corrected chi connectivity index (χ2v) is 5.16. The van der Waals surface area contributed by atoms with Crippen molar-refractivity contribution >= 4 is 11.8 Å². The third kappa shape index (κ3) is 5.05. The average molecular weight is 296 g/mol. The lowest BCUT2D eigenvalue weighted by Gasteiger charge is -2.06. The topological polar surface area (TPSA) is 72.2 Å². The minimum Gasteiger partial charge on any atom is -0.370 e. The maximum Gasteiger partial charge on any atom is 0.224 e. The average Bonchev–Trinajstić information content (AvgIpc) is 2.53. The number of hydrogen-bond donors (Lipinski definition) is 2. The van der Waals surface area contributed by atoms with Crippen LogP contribution in [0, 0.1) is 0 Å². The molecule has 2 aromatic rings. The lowest BCUT2D eigenvalue weighted by molar-refractivity contribution is -0.121. The minimum atomic E-state index is -0.342. The largest absolute Gasteiger partial charge is 0.370 e. The van der Waals surface area contributed by atoms with Crippen LogP contribution in [-0.2, 0) is 16.0 Å². The third-order valence-electron chi connectivity index (χ3n) is 3.35. The van der Waals surface area contributed by atoms with E-state index in [0.29, 0.717) is 25.8 Å². The van der Waals surface area contributed by atoms with Crippen LogP contribution < -0.4 is 11.1 Å². The molecule has 114 valence electrons. The van der Waals surface area contributed by atoms with Crippen molar-refractivity contribution in [2.75, 3.05) is 6.54 Å². The van der Waals surface area contributed by atoms with Crippen LogP contribution in [0.1, 0.15) is 18.4 Å². The first kappa shape index (κ1) is 15.8. The molecule has 0 bridgehead atoms. The Morgan fingerprint density at radius 2 is 1.55 bits per heavy atom. The number of carbonyl (C=O) groups is 2. The quantitative estimate of drug-likeness (QED) is 0.769.